The molecule has 0 aliphatic carbocycles. The summed E-state index contributed by atoms with van der Waals surface area (Å²) in [6.45, 7) is 6.19. The van der Waals surface area contributed by atoms with Crippen molar-refractivity contribution in [3.8, 4) is 0 Å². The van der Waals surface area contributed by atoms with E-state index in [0.29, 0.717) is 0 Å². The number of aliphatic carboxylic acids is 1. The molecule has 12 heteroatoms. The van der Waals surface area contributed by atoms with E-state index >= 15 is 0 Å². The Balaban J connectivity index is 2.38. The van der Waals surface area contributed by atoms with Gasteiger partial charge in [-0.3, -0.25) is 4.79 Å². The Morgan fingerprint density at radius 2 is 1.65 bits per heavy atom. The van der Waals surface area contributed by atoms with Crippen LogP contribution in [0.25, 0.3) is 0 Å². The van der Waals surface area contributed by atoms with Gasteiger partial charge in [-0.1, -0.05) is 20.8 Å². The van der Waals surface area contributed by atoms with Gasteiger partial charge in [0, 0.05) is 14.0 Å². The van der Waals surface area contributed by atoms with Crippen LogP contribution in [0.5, 0.6) is 0 Å². The average Bonchev–Trinajstić information content (AvgIpc) is 2.66. The van der Waals surface area contributed by atoms with E-state index in [9.17, 15) is 35.1 Å². The van der Waals surface area contributed by atoms with Gasteiger partial charge in [0.1, 0.15) is 36.6 Å². The second-order valence-electron chi connectivity index (χ2n) is 8.91. The number of aliphatic hydroxyl groups excluding tert-OH is 4. The number of carbonyl (C=O) groups excluding carboxylic acids is 1. The predicted molar refractivity (Wildman–Crippen MR) is 103 cm³/mol. The van der Waals surface area contributed by atoms with Crippen molar-refractivity contribution in [3.05, 3.63) is 0 Å². The number of hydrogen-bond acceptors (Lipinski definition) is 10. The Morgan fingerprint density at radius 1 is 1.03 bits per heavy atom. The number of hydrogen-bond donors (Lipinski definition) is 6. The zero-order chi connectivity index (χ0) is 23.7. The first kappa shape index (κ1) is 25.9. The van der Waals surface area contributed by atoms with E-state index in [1.54, 1.807) is 0 Å². The summed E-state index contributed by atoms with van der Waals surface area (Å²) >= 11 is 0. The lowest BCUT2D eigenvalue weighted by molar-refractivity contribution is -0.331. The molecule has 0 aromatic carbocycles. The standard InChI is InChI=1S/C19H33NO11/c1-7(22)20-9-13(10(23)8(6-21)29-16(9)19(2,3)4)30-18-12(25)11(24)14(28-5)15(31-18)17(26)27/h8-16,18,21,23-25H,6H2,1-5H3,(H,20,22)(H,26,27)/t8?,9?,10-,11+,12?,13?,14-,15?,16+,18+/m0/s1. The van der Waals surface area contributed by atoms with Crippen molar-refractivity contribution >= 4 is 11.9 Å². The summed E-state index contributed by atoms with van der Waals surface area (Å²) in [5, 5.41) is 53.3. The SMILES string of the molecule is CO[C@@H]1C(C(=O)O)O[C@@H](OC2C(NC(C)=O)[C@H](C(C)(C)C)OC(CO)[C@@H]2O)C(O)[C@H]1O. The summed E-state index contributed by atoms with van der Waals surface area (Å²) < 4.78 is 21.9. The maximum absolute atomic E-state index is 11.9. The van der Waals surface area contributed by atoms with Crippen molar-refractivity contribution in [2.75, 3.05) is 13.7 Å². The van der Waals surface area contributed by atoms with Crippen LogP contribution in [0.15, 0.2) is 0 Å². The van der Waals surface area contributed by atoms with E-state index in [4.69, 9.17) is 18.9 Å². The zero-order valence-corrected chi connectivity index (χ0v) is 18.2. The van der Waals surface area contributed by atoms with Crippen molar-refractivity contribution in [1.82, 2.24) is 5.32 Å². The minimum atomic E-state index is -1.71. The molecule has 0 spiro atoms. The van der Waals surface area contributed by atoms with Gasteiger partial charge in [0.2, 0.25) is 5.91 Å². The monoisotopic (exact) mass is 451 g/mol. The second-order valence-corrected chi connectivity index (χ2v) is 8.91. The molecule has 180 valence electrons. The highest BCUT2D eigenvalue weighted by molar-refractivity contribution is 5.74. The Morgan fingerprint density at radius 3 is 2.10 bits per heavy atom. The Kier molecular flexibility index (Phi) is 8.39. The molecule has 31 heavy (non-hydrogen) atoms. The molecule has 6 N–H and O–H groups in total. The van der Waals surface area contributed by atoms with Gasteiger partial charge in [-0.15, -0.1) is 0 Å². The normalized spacial score (nSPS) is 41.6. The summed E-state index contributed by atoms with van der Waals surface area (Å²) in [7, 11) is 1.16. The zero-order valence-electron chi connectivity index (χ0n) is 18.2. The van der Waals surface area contributed by atoms with Gasteiger partial charge in [0.15, 0.2) is 12.4 Å². The number of aliphatic hydroxyl groups is 4. The molecule has 0 radical (unpaired) electrons. The topological polar surface area (TPSA) is 184 Å². The van der Waals surface area contributed by atoms with E-state index in [1.165, 1.54) is 6.92 Å². The minimum Gasteiger partial charge on any atom is -0.479 e. The minimum absolute atomic E-state index is 0.445. The molecule has 0 saturated carbocycles. The fraction of sp³-hybridized carbons (Fsp3) is 0.895. The van der Waals surface area contributed by atoms with Gasteiger partial charge in [-0.05, 0) is 5.41 Å². The highest BCUT2D eigenvalue weighted by Crippen LogP contribution is 2.36. The van der Waals surface area contributed by atoms with E-state index in [0.717, 1.165) is 7.11 Å². The summed E-state index contributed by atoms with van der Waals surface area (Å²) in [5.41, 5.74) is -0.571. The van der Waals surface area contributed by atoms with Gasteiger partial charge >= 0.3 is 5.97 Å². The van der Waals surface area contributed by atoms with Crippen LogP contribution in [0.1, 0.15) is 27.7 Å². The molecule has 2 aliphatic rings. The second kappa shape index (κ2) is 10.0. The summed E-state index contributed by atoms with van der Waals surface area (Å²) in [4.78, 5) is 23.4. The van der Waals surface area contributed by atoms with Crippen LogP contribution in [0.3, 0.4) is 0 Å². The third-order valence-electron chi connectivity index (χ3n) is 5.47. The summed E-state index contributed by atoms with van der Waals surface area (Å²) in [6, 6.07) is -0.938. The number of amides is 1. The van der Waals surface area contributed by atoms with E-state index in [-0.39, 0.29) is 0 Å². The molecule has 0 aromatic heterocycles. The van der Waals surface area contributed by atoms with Gasteiger partial charge in [-0.25, -0.2) is 4.79 Å². The molecule has 0 aromatic rings. The highest BCUT2D eigenvalue weighted by Gasteiger charge is 2.54. The molecular weight excluding hydrogens is 418 g/mol. The van der Waals surface area contributed by atoms with E-state index in [2.05, 4.69) is 5.32 Å². The highest BCUT2D eigenvalue weighted by atomic mass is 16.7. The number of methoxy groups -OCH3 is 1. The number of nitrogens with one attached hydrogen (secondary N) is 1. The van der Waals surface area contributed by atoms with Crippen LogP contribution in [-0.4, -0.2) is 112 Å². The molecule has 0 bridgehead atoms. The molecule has 2 saturated heterocycles. The van der Waals surface area contributed by atoms with Gasteiger partial charge < -0.3 is 49.8 Å². The van der Waals surface area contributed by atoms with Crippen LogP contribution in [0.4, 0.5) is 0 Å². The first-order valence-electron chi connectivity index (χ1n) is 9.97. The smallest absolute Gasteiger partial charge is 0.335 e. The van der Waals surface area contributed by atoms with E-state index < -0.39 is 85.1 Å². The third-order valence-corrected chi connectivity index (χ3v) is 5.47. The average molecular weight is 451 g/mol. The number of ether oxygens (including phenoxy) is 4. The number of carboxylic acid groups (broad SMARTS) is 1. The first-order chi connectivity index (χ1) is 14.3. The molecule has 2 fully saturated rings. The molecule has 2 heterocycles. The molecule has 2 aliphatic heterocycles. The molecule has 10 atom stereocenters. The van der Waals surface area contributed by atoms with Crippen molar-refractivity contribution in [2.45, 2.75) is 88.9 Å². The maximum Gasteiger partial charge on any atom is 0.335 e. The molecular formula is C19H33NO11. The summed E-state index contributed by atoms with van der Waals surface area (Å²) in [5.74, 6) is -1.89. The first-order valence-corrected chi connectivity index (χ1v) is 9.97. The molecule has 5 unspecified atom stereocenters. The van der Waals surface area contributed by atoms with Crippen molar-refractivity contribution in [3.63, 3.8) is 0 Å². The van der Waals surface area contributed by atoms with Crippen molar-refractivity contribution < 1.29 is 54.1 Å². The van der Waals surface area contributed by atoms with Crippen LogP contribution in [0.2, 0.25) is 0 Å². The van der Waals surface area contributed by atoms with Gasteiger partial charge in [0.05, 0.1) is 18.8 Å². The van der Waals surface area contributed by atoms with Crippen LogP contribution in [-0.2, 0) is 28.5 Å². The Bertz CT molecular complexity index is 639. The summed E-state index contributed by atoms with van der Waals surface area (Å²) in [6.07, 6.45) is -12.6. The van der Waals surface area contributed by atoms with Crippen LogP contribution >= 0.6 is 0 Å². The van der Waals surface area contributed by atoms with Gasteiger partial charge in [0.25, 0.3) is 0 Å². The Hall–Kier alpha value is -1.38. The third kappa shape index (κ3) is 5.52. The van der Waals surface area contributed by atoms with E-state index in [1.807, 2.05) is 20.8 Å². The fourth-order valence-electron chi connectivity index (χ4n) is 3.97. The van der Waals surface area contributed by atoms with Crippen LogP contribution in [0, 0.1) is 5.41 Å². The lowest BCUT2D eigenvalue weighted by atomic mass is 9.78. The van der Waals surface area contributed by atoms with Crippen LogP contribution < -0.4 is 5.32 Å². The predicted octanol–water partition coefficient (Wildman–Crippen LogP) is -2.41. The number of rotatable bonds is 6. The Labute approximate surface area is 180 Å². The molecule has 1 amide bonds. The van der Waals surface area contributed by atoms with Crippen molar-refractivity contribution in [1.29, 1.82) is 0 Å². The van der Waals surface area contributed by atoms with Crippen molar-refractivity contribution in [2.24, 2.45) is 5.41 Å². The number of carbonyl (C=O) groups is 2. The lowest BCUT2D eigenvalue weighted by Crippen LogP contribution is -2.69. The number of carboxylic acids is 1. The largest absolute Gasteiger partial charge is 0.479 e. The quantitative estimate of drug-likeness (QED) is 0.253. The molecule has 12 nitrogen and oxygen atoms in total. The maximum atomic E-state index is 11.9. The fourth-order valence-corrected chi connectivity index (χ4v) is 3.97. The molecule has 2 rings (SSSR count). The van der Waals surface area contributed by atoms with Gasteiger partial charge in [-0.2, -0.15) is 0 Å². The lowest BCUT2D eigenvalue weighted by Gasteiger charge is -2.50.